The van der Waals surface area contributed by atoms with E-state index in [-0.39, 0.29) is 23.8 Å². The number of aromatic amines is 1. The van der Waals surface area contributed by atoms with Gasteiger partial charge in [0.15, 0.2) is 11.4 Å². The van der Waals surface area contributed by atoms with E-state index in [9.17, 15) is 14.4 Å². The molecule has 0 bridgehead atoms. The molecule has 8 heteroatoms. The Kier molecular flexibility index (Phi) is 5.04. The lowest BCUT2D eigenvalue weighted by molar-refractivity contribution is -0.121. The predicted octanol–water partition coefficient (Wildman–Crippen LogP) is -0.294. The highest BCUT2D eigenvalue weighted by molar-refractivity contribution is 6.03. The normalized spacial score (nSPS) is 10.0. The van der Waals surface area contributed by atoms with Crippen LogP contribution in [-0.2, 0) is 4.79 Å². The topological polar surface area (TPSA) is 115 Å². The van der Waals surface area contributed by atoms with Gasteiger partial charge in [0.25, 0.3) is 5.91 Å². The molecule has 0 spiro atoms. The van der Waals surface area contributed by atoms with Crippen molar-refractivity contribution in [1.29, 1.82) is 0 Å². The maximum Gasteiger partial charge on any atom is 0.354 e. The molecule has 0 aliphatic heterocycles. The van der Waals surface area contributed by atoms with Crippen molar-refractivity contribution in [2.24, 2.45) is 0 Å². The van der Waals surface area contributed by atoms with E-state index < -0.39 is 11.9 Å². The van der Waals surface area contributed by atoms with E-state index in [4.69, 9.17) is 5.11 Å². The summed E-state index contributed by atoms with van der Waals surface area (Å²) in [6.45, 7) is 2.30. The van der Waals surface area contributed by atoms with Gasteiger partial charge in [0.05, 0.1) is 12.9 Å². The lowest BCUT2D eigenvalue weighted by Crippen LogP contribution is -2.39. The molecule has 104 valence electrons. The lowest BCUT2D eigenvalue weighted by Gasteiger charge is -2.15. The number of aromatic carboxylic acids is 1. The zero-order valence-corrected chi connectivity index (χ0v) is 10.8. The molecule has 0 atom stereocenters. The van der Waals surface area contributed by atoms with E-state index in [1.165, 1.54) is 7.05 Å². The Morgan fingerprint density at radius 3 is 2.74 bits per heavy atom. The minimum absolute atomic E-state index is 0.148. The molecule has 0 saturated heterocycles. The molecular formula is C11H16N4O4. The maximum absolute atomic E-state index is 11.9. The van der Waals surface area contributed by atoms with E-state index in [2.05, 4.69) is 15.3 Å². The van der Waals surface area contributed by atoms with Crippen molar-refractivity contribution >= 4 is 17.8 Å². The number of imidazole rings is 1. The monoisotopic (exact) mass is 268 g/mol. The van der Waals surface area contributed by atoms with Gasteiger partial charge in [-0.15, -0.1) is 0 Å². The molecule has 0 saturated carbocycles. The van der Waals surface area contributed by atoms with Gasteiger partial charge in [-0.2, -0.15) is 0 Å². The van der Waals surface area contributed by atoms with Crippen LogP contribution in [0.25, 0.3) is 0 Å². The lowest BCUT2D eigenvalue weighted by atomic mass is 10.3. The van der Waals surface area contributed by atoms with E-state index in [0.717, 1.165) is 17.6 Å². The minimum atomic E-state index is -1.27. The summed E-state index contributed by atoms with van der Waals surface area (Å²) < 4.78 is 0. The number of hydrogen-bond donors (Lipinski definition) is 3. The maximum atomic E-state index is 11.9. The molecular weight excluding hydrogens is 252 g/mol. The fourth-order valence-corrected chi connectivity index (χ4v) is 1.41. The molecule has 1 heterocycles. The number of nitrogens with one attached hydrogen (secondary N) is 2. The number of aromatic nitrogens is 2. The summed E-state index contributed by atoms with van der Waals surface area (Å²) in [4.78, 5) is 41.4. The number of hydrogen-bond acceptors (Lipinski definition) is 4. The Labute approximate surface area is 109 Å². The first-order valence-corrected chi connectivity index (χ1v) is 5.76. The molecule has 0 aliphatic carbocycles. The van der Waals surface area contributed by atoms with Crippen molar-refractivity contribution in [3.8, 4) is 0 Å². The predicted molar refractivity (Wildman–Crippen MR) is 65.8 cm³/mol. The van der Waals surface area contributed by atoms with Gasteiger partial charge in [-0.3, -0.25) is 9.59 Å². The molecule has 1 aromatic rings. The molecule has 2 amide bonds. The zero-order chi connectivity index (χ0) is 14.4. The van der Waals surface area contributed by atoms with E-state index in [1.54, 1.807) is 0 Å². The number of carboxylic acid groups (broad SMARTS) is 1. The summed E-state index contributed by atoms with van der Waals surface area (Å²) in [5, 5.41) is 11.5. The van der Waals surface area contributed by atoms with Gasteiger partial charge in [-0.25, -0.2) is 9.78 Å². The van der Waals surface area contributed by atoms with Crippen LogP contribution in [0.1, 0.15) is 34.3 Å². The van der Waals surface area contributed by atoms with Crippen LogP contribution in [0.5, 0.6) is 0 Å². The third kappa shape index (κ3) is 3.80. The van der Waals surface area contributed by atoms with Crippen LogP contribution in [-0.4, -0.2) is 57.9 Å². The number of carbonyl (C=O) groups is 3. The molecule has 0 radical (unpaired) electrons. The van der Waals surface area contributed by atoms with Gasteiger partial charge in [0, 0.05) is 13.6 Å². The Bertz CT molecular complexity index is 483. The molecule has 1 rings (SSSR count). The highest BCUT2D eigenvalue weighted by atomic mass is 16.4. The fraction of sp³-hybridized carbons (Fsp3) is 0.455. The van der Waals surface area contributed by atoms with Crippen LogP contribution in [0.2, 0.25) is 0 Å². The first kappa shape index (κ1) is 14.7. The summed E-state index contributed by atoms with van der Waals surface area (Å²) in [6.07, 6.45) is 1.92. The largest absolute Gasteiger partial charge is 0.477 e. The van der Waals surface area contributed by atoms with Crippen LogP contribution < -0.4 is 5.32 Å². The van der Waals surface area contributed by atoms with Crippen LogP contribution in [0, 0.1) is 0 Å². The Balaban J connectivity index is 2.69. The molecule has 19 heavy (non-hydrogen) atoms. The Hall–Kier alpha value is -2.38. The average molecular weight is 268 g/mol. The van der Waals surface area contributed by atoms with E-state index in [0.29, 0.717) is 6.54 Å². The quantitative estimate of drug-likeness (QED) is 0.655. The molecule has 8 nitrogen and oxygen atoms in total. The summed E-state index contributed by atoms with van der Waals surface area (Å²) in [7, 11) is 1.41. The van der Waals surface area contributed by atoms with Gasteiger partial charge in [0.1, 0.15) is 0 Å². The zero-order valence-electron chi connectivity index (χ0n) is 10.8. The molecule has 0 aromatic carbocycles. The summed E-state index contributed by atoms with van der Waals surface area (Å²) >= 11 is 0. The van der Waals surface area contributed by atoms with Crippen LogP contribution in [0.4, 0.5) is 0 Å². The second kappa shape index (κ2) is 6.53. The summed E-state index contributed by atoms with van der Waals surface area (Å²) in [5.41, 5.74) is -0.496. The van der Waals surface area contributed by atoms with Crippen LogP contribution in [0.15, 0.2) is 6.33 Å². The third-order valence-electron chi connectivity index (χ3n) is 2.36. The standard InChI is InChI=1S/C11H16N4O4/c1-3-4-12-7(16)5-15(2)10(17)8-9(11(18)19)14-6-13-8/h6H,3-5H2,1-2H3,(H,12,16)(H,13,14)(H,18,19). The van der Waals surface area contributed by atoms with Crippen molar-refractivity contribution in [2.45, 2.75) is 13.3 Å². The third-order valence-corrected chi connectivity index (χ3v) is 2.36. The van der Waals surface area contributed by atoms with Crippen molar-refractivity contribution in [3.63, 3.8) is 0 Å². The summed E-state index contributed by atoms with van der Waals surface area (Å²) in [6, 6.07) is 0. The van der Waals surface area contributed by atoms with Crippen molar-refractivity contribution in [1.82, 2.24) is 20.2 Å². The van der Waals surface area contributed by atoms with Crippen molar-refractivity contribution in [2.75, 3.05) is 20.1 Å². The van der Waals surface area contributed by atoms with Gasteiger partial charge in [-0.1, -0.05) is 6.92 Å². The second-order valence-electron chi connectivity index (χ2n) is 3.94. The number of nitrogens with zero attached hydrogens (tertiary/aromatic N) is 2. The van der Waals surface area contributed by atoms with E-state index in [1.807, 2.05) is 6.92 Å². The molecule has 0 fully saturated rings. The van der Waals surface area contributed by atoms with Crippen molar-refractivity contribution in [3.05, 3.63) is 17.7 Å². The number of amides is 2. The molecule has 1 aromatic heterocycles. The number of rotatable bonds is 6. The first-order valence-electron chi connectivity index (χ1n) is 5.76. The van der Waals surface area contributed by atoms with Crippen LogP contribution >= 0.6 is 0 Å². The fourth-order valence-electron chi connectivity index (χ4n) is 1.41. The summed E-state index contributed by atoms with van der Waals surface area (Å²) in [5.74, 6) is -2.19. The SMILES string of the molecule is CCCNC(=O)CN(C)C(=O)c1nc[nH]c1C(=O)O. The Morgan fingerprint density at radius 2 is 2.16 bits per heavy atom. The van der Waals surface area contributed by atoms with E-state index >= 15 is 0 Å². The molecule has 3 N–H and O–H groups in total. The molecule has 0 unspecified atom stereocenters. The van der Waals surface area contributed by atoms with Crippen LogP contribution in [0.3, 0.4) is 0 Å². The highest BCUT2D eigenvalue weighted by Gasteiger charge is 2.23. The second-order valence-corrected chi connectivity index (χ2v) is 3.94. The Morgan fingerprint density at radius 1 is 1.47 bits per heavy atom. The van der Waals surface area contributed by atoms with Gasteiger partial charge in [-0.05, 0) is 6.42 Å². The molecule has 0 aliphatic rings. The minimum Gasteiger partial charge on any atom is -0.477 e. The number of carboxylic acids is 1. The highest BCUT2D eigenvalue weighted by Crippen LogP contribution is 2.06. The first-order chi connectivity index (χ1) is 8.97. The average Bonchev–Trinajstić information content (AvgIpc) is 2.84. The van der Waals surface area contributed by atoms with Gasteiger partial charge in [0.2, 0.25) is 5.91 Å². The number of carbonyl (C=O) groups excluding carboxylic acids is 2. The smallest absolute Gasteiger partial charge is 0.354 e. The van der Waals surface area contributed by atoms with Gasteiger partial charge >= 0.3 is 5.97 Å². The number of H-pyrrole nitrogens is 1. The van der Waals surface area contributed by atoms with Crippen molar-refractivity contribution < 1.29 is 19.5 Å². The number of likely N-dealkylation sites (N-methyl/N-ethyl adjacent to an activating group) is 1. The van der Waals surface area contributed by atoms with Gasteiger partial charge < -0.3 is 20.3 Å².